The molecule has 0 amide bonds. The lowest BCUT2D eigenvalue weighted by Gasteiger charge is -2.10. The number of benzene rings is 1. The molecule has 0 unspecified atom stereocenters. The van der Waals surface area contributed by atoms with Gasteiger partial charge in [-0.15, -0.1) is 0 Å². The van der Waals surface area contributed by atoms with Gasteiger partial charge in [-0.3, -0.25) is 13.9 Å². The Hall–Kier alpha value is -0.790. The highest BCUT2D eigenvalue weighted by Gasteiger charge is 2.10. The van der Waals surface area contributed by atoms with Crippen LogP contribution < -0.4 is 11.2 Å². The van der Waals surface area contributed by atoms with Gasteiger partial charge in [0.05, 0.1) is 20.2 Å². The lowest BCUT2D eigenvalue weighted by Crippen LogP contribution is -2.40. The average molecular weight is 425 g/mol. The van der Waals surface area contributed by atoms with E-state index < -0.39 is 0 Å². The van der Waals surface area contributed by atoms with Gasteiger partial charge < -0.3 is 0 Å². The fraction of sp³-hybridized carbons (Fsp3) is 0.231. The number of halogens is 3. The van der Waals surface area contributed by atoms with Crippen molar-refractivity contribution < 1.29 is 0 Å². The first kappa shape index (κ1) is 15.6. The zero-order valence-corrected chi connectivity index (χ0v) is 14.2. The van der Waals surface area contributed by atoms with Crippen molar-refractivity contribution in [3.63, 3.8) is 0 Å². The van der Waals surface area contributed by atoms with Crippen molar-refractivity contribution in [2.45, 2.75) is 20.0 Å². The molecule has 2 aromatic rings. The minimum absolute atomic E-state index is 0.172. The molecule has 7 heteroatoms. The molecule has 0 aliphatic heterocycles. The molecule has 0 saturated heterocycles. The van der Waals surface area contributed by atoms with Crippen LogP contribution in [0.25, 0.3) is 0 Å². The highest BCUT2D eigenvalue weighted by Crippen LogP contribution is 2.22. The highest BCUT2D eigenvalue weighted by molar-refractivity contribution is 14.1. The third kappa shape index (κ3) is 3.10. The fourth-order valence-electron chi connectivity index (χ4n) is 1.80. The monoisotopic (exact) mass is 424 g/mol. The Kier molecular flexibility index (Phi) is 4.93. The molecule has 2 rings (SSSR count). The van der Waals surface area contributed by atoms with E-state index in [0.717, 1.165) is 5.56 Å². The van der Waals surface area contributed by atoms with Crippen molar-refractivity contribution in [2.24, 2.45) is 0 Å². The summed E-state index contributed by atoms with van der Waals surface area (Å²) in [6.07, 6.45) is 1.57. The summed E-state index contributed by atoms with van der Waals surface area (Å²) in [5, 5.41) is 0.843. The SMILES string of the molecule is CCn1cc(I)c(=O)n(Cc2ccc(Cl)c(Cl)c2)c1=O. The first-order valence-corrected chi connectivity index (χ1v) is 7.71. The van der Waals surface area contributed by atoms with Crippen molar-refractivity contribution >= 4 is 45.8 Å². The lowest BCUT2D eigenvalue weighted by atomic mass is 10.2. The Morgan fingerprint density at radius 2 is 1.90 bits per heavy atom. The topological polar surface area (TPSA) is 44.0 Å². The smallest absolute Gasteiger partial charge is 0.300 e. The van der Waals surface area contributed by atoms with Gasteiger partial charge in [0, 0.05) is 12.7 Å². The van der Waals surface area contributed by atoms with E-state index in [1.54, 1.807) is 24.4 Å². The third-order valence-corrected chi connectivity index (χ3v) is 4.34. The molecule has 1 heterocycles. The maximum absolute atomic E-state index is 12.2. The molecule has 0 bridgehead atoms. The van der Waals surface area contributed by atoms with Crippen LogP contribution in [0.15, 0.2) is 34.0 Å². The summed E-state index contributed by atoms with van der Waals surface area (Å²) in [6.45, 7) is 2.54. The van der Waals surface area contributed by atoms with E-state index in [1.165, 1.54) is 9.13 Å². The Bertz CT molecular complexity index is 768. The Labute approximate surface area is 139 Å². The van der Waals surface area contributed by atoms with Gasteiger partial charge in [0.2, 0.25) is 0 Å². The first-order valence-electron chi connectivity index (χ1n) is 5.87. The molecular formula is C13H11Cl2IN2O2. The van der Waals surface area contributed by atoms with Crippen molar-refractivity contribution in [3.8, 4) is 0 Å². The van der Waals surface area contributed by atoms with Gasteiger partial charge in [0.15, 0.2) is 0 Å². The second-order valence-corrected chi connectivity index (χ2v) is 6.16. The average Bonchev–Trinajstić information content (AvgIpc) is 2.42. The summed E-state index contributed by atoms with van der Waals surface area (Å²) in [4.78, 5) is 24.3. The van der Waals surface area contributed by atoms with Gasteiger partial charge in [-0.05, 0) is 47.2 Å². The van der Waals surface area contributed by atoms with Gasteiger partial charge in [-0.2, -0.15) is 0 Å². The second kappa shape index (κ2) is 6.32. The molecule has 1 aromatic heterocycles. The van der Waals surface area contributed by atoms with Gasteiger partial charge >= 0.3 is 5.69 Å². The quantitative estimate of drug-likeness (QED) is 0.711. The standard InChI is InChI=1S/C13H11Cl2IN2O2/c1-2-17-7-11(16)12(19)18(13(17)20)6-8-3-4-9(14)10(15)5-8/h3-5,7H,2,6H2,1H3. The van der Waals surface area contributed by atoms with E-state index in [-0.39, 0.29) is 17.8 Å². The van der Waals surface area contributed by atoms with Crippen LogP contribution in [0.3, 0.4) is 0 Å². The lowest BCUT2D eigenvalue weighted by molar-refractivity contribution is 0.595. The Morgan fingerprint density at radius 1 is 1.20 bits per heavy atom. The van der Waals surface area contributed by atoms with Crippen molar-refractivity contribution in [1.82, 2.24) is 9.13 Å². The van der Waals surface area contributed by atoms with Crippen LogP contribution in [0.1, 0.15) is 12.5 Å². The molecule has 0 atom stereocenters. The third-order valence-electron chi connectivity index (χ3n) is 2.86. The molecule has 0 fully saturated rings. The minimum Gasteiger partial charge on any atom is -0.300 e. The largest absolute Gasteiger partial charge is 0.331 e. The molecular weight excluding hydrogens is 414 g/mol. The van der Waals surface area contributed by atoms with Crippen molar-refractivity contribution in [1.29, 1.82) is 0 Å². The number of hydrogen-bond acceptors (Lipinski definition) is 2. The van der Waals surface area contributed by atoms with Gasteiger partial charge in [-0.1, -0.05) is 29.3 Å². The van der Waals surface area contributed by atoms with Crippen LogP contribution in [-0.2, 0) is 13.1 Å². The van der Waals surface area contributed by atoms with Crippen molar-refractivity contribution in [3.05, 3.63) is 64.4 Å². The predicted octanol–water partition coefficient (Wildman–Crippen LogP) is 2.99. The summed E-state index contributed by atoms with van der Waals surface area (Å²) in [7, 11) is 0. The number of nitrogens with zero attached hydrogens (tertiary/aromatic N) is 2. The molecule has 0 radical (unpaired) electrons. The predicted molar refractivity (Wildman–Crippen MR) is 88.9 cm³/mol. The van der Waals surface area contributed by atoms with E-state index in [9.17, 15) is 9.59 Å². The number of aryl methyl sites for hydroxylation is 1. The van der Waals surface area contributed by atoms with E-state index in [4.69, 9.17) is 23.2 Å². The van der Waals surface area contributed by atoms with Crippen LogP contribution >= 0.6 is 45.8 Å². The minimum atomic E-state index is -0.330. The number of rotatable bonds is 3. The van der Waals surface area contributed by atoms with Crippen LogP contribution in [0.2, 0.25) is 10.0 Å². The fourth-order valence-corrected chi connectivity index (χ4v) is 2.75. The normalized spacial score (nSPS) is 10.8. The molecule has 20 heavy (non-hydrogen) atoms. The van der Waals surface area contributed by atoms with Crippen LogP contribution in [-0.4, -0.2) is 9.13 Å². The summed E-state index contributed by atoms with van der Waals surface area (Å²) in [6, 6.07) is 5.05. The molecule has 0 saturated carbocycles. The van der Waals surface area contributed by atoms with Crippen LogP contribution in [0.5, 0.6) is 0 Å². The highest BCUT2D eigenvalue weighted by atomic mass is 127. The molecule has 0 N–H and O–H groups in total. The van der Waals surface area contributed by atoms with Gasteiger partial charge in [0.25, 0.3) is 5.56 Å². The molecule has 4 nitrogen and oxygen atoms in total. The zero-order chi connectivity index (χ0) is 14.9. The summed E-state index contributed by atoms with van der Waals surface area (Å²) < 4.78 is 3.20. The number of hydrogen-bond donors (Lipinski definition) is 0. The van der Waals surface area contributed by atoms with E-state index in [1.807, 2.05) is 29.5 Å². The maximum atomic E-state index is 12.2. The first-order chi connectivity index (χ1) is 9.43. The Balaban J connectivity index is 2.53. The zero-order valence-electron chi connectivity index (χ0n) is 10.6. The summed E-state index contributed by atoms with van der Waals surface area (Å²) in [5.41, 5.74) is 0.124. The van der Waals surface area contributed by atoms with E-state index >= 15 is 0 Å². The molecule has 106 valence electrons. The van der Waals surface area contributed by atoms with Gasteiger partial charge in [0.1, 0.15) is 0 Å². The Morgan fingerprint density at radius 3 is 2.50 bits per heavy atom. The number of aromatic nitrogens is 2. The summed E-state index contributed by atoms with van der Waals surface area (Å²) >= 11 is 13.7. The molecule has 1 aromatic carbocycles. The van der Waals surface area contributed by atoms with Crippen LogP contribution in [0.4, 0.5) is 0 Å². The van der Waals surface area contributed by atoms with E-state index in [0.29, 0.717) is 20.2 Å². The van der Waals surface area contributed by atoms with Gasteiger partial charge in [-0.25, -0.2) is 4.79 Å². The molecule has 0 aliphatic carbocycles. The molecule has 0 spiro atoms. The van der Waals surface area contributed by atoms with Crippen molar-refractivity contribution in [2.75, 3.05) is 0 Å². The molecule has 0 aliphatic rings. The second-order valence-electron chi connectivity index (χ2n) is 4.19. The van der Waals surface area contributed by atoms with E-state index in [2.05, 4.69) is 0 Å². The maximum Gasteiger partial charge on any atom is 0.331 e. The van der Waals surface area contributed by atoms with Crippen LogP contribution in [0, 0.1) is 3.57 Å². The summed E-state index contributed by atoms with van der Waals surface area (Å²) in [5.74, 6) is 0.